The van der Waals surface area contributed by atoms with Crippen molar-refractivity contribution in [1.29, 1.82) is 0 Å². The van der Waals surface area contributed by atoms with Gasteiger partial charge in [-0.3, -0.25) is 4.79 Å². The minimum Gasteiger partial charge on any atom is -0.385 e. The van der Waals surface area contributed by atoms with Crippen molar-refractivity contribution < 1.29 is 9.53 Å². The molecule has 0 amide bonds. The van der Waals surface area contributed by atoms with Gasteiger partial charge in [-0.15, -0.1) is 0 Å². The minimum atomic E-state index is 0.321. The Balaban J connectivity index is 2.37. The molecule has 2 nitrogen and oxygen atoms in total. The van der Waals surface area contributed by atoms with E-state index in [1.807, 2.05) is 0 Å². The van der Waals surface area contributed by atoms with E-state index in [4.69, 9.17) is 4.74 Å². The second kappa shape index (κ2) is 8.68. The van der Waals surface area contributed by atoms with Gasteiger partial charge in [0, 0.05) is 26.1 Å². The highest BCUT2D eigenvalue weighted by Crippen LogP contribution is 2.40. The second-order valence-corrected chi connectivity index (χ2v) is 5.90. The number of ether oxygens (including phenoxy) is 1. The van der Waals surface area contributed by atoms with Crippen LogP contribution in [0.4, 0.5) is 0 Å². The highest BCUT2D eigenvalue weighted by Gasteiger charge is 2.37. The largest absolute Gasteiger partial charge is 0.385 e. The number of ketones is 1. The van der Waals surface area contributed by atoms with Gasteiger partial charge in [-0.05, 0) is 37.5 Å². The molecule has 1 fully saturated rings. The number of carbonyl (C=O) groups excluding carboxylic acids is 1. The maximum atomic E-state index is 12.4. The number of unbranched alkanes of at least 4 members (excludes halogenated alkanes) is 3. The monoisotopic (exact) mass is 254 g/mol. The summed E-state index contributed by atoms with van der Waals surface area (Å²) in [7, 11) is 1.75. The van der Waals surface area contributed by atoms with Crippen molar-refractivity contribution in [1.82, 2.24) is 0 Å². The summed E-state index contributed by atoms with van der Waals surface area (Å²) in [6, 6.07) is 0. The van der Waals surface area contributed by atoms with Gasteiger partial charge in [0.2, 0.25) is 0 Å². The molecule has 106 valence electrons. The molecule has 1 saturated carbocycles. The molecular weight excluding hydrogens is 224 g/mol. The molecule has 3 atom stereocenters. The van der Waals surface area contributed by atoms with Crippen LogP contribution in [-0.2, 0) is 9.53 Å². The highest BCUT2D eigenvalue weighted by atomic mass is 16.5. The topological polar surface area (TPSA) is 26.3 Å². The fourth-order valence-electron chi connectivity index (χ4n) is 3.37. The summed E-state index contributed by atoms with van der Waals surface area (Å²) in [5.41, 5.74) is 0. The fraction of sp³-hybridized carbons (Fsp3) is 0.938. The molecule has 1 rings (SSSR count). The van der Waals surface area contributed by atoms with Crippen molar-refractivity contribution in [2.24, 2.45) is 17.8 Å². The number of hydrogen-bond acceptors (Lipinski definition) is 2. The first kappa shape index (κ1) is 15.7. The maximum absolute atomic E-state index is 12.4. The van der Waals surface area contributed by atoms with E-state index < -0.39 is 0 Å². The van der Waals surface area contributed by atoms with Crippen molar-refractivity contribution in [2.45, 2.75) is 65.2 Å². The van der Waals surface area contributed by atoms with Crippen LogP contribution >= 0.6 is 0 Å². The van der Waals surface area contributed by atoms with Gasteiger partial charge in [-0.1, -0.05) is 33.1 Å². The third-order valence-electron chi connectivity index (χ3n) is 4.45. The van der Waals surface area contributed by atoms with E-state index in [9.17, 15) is 4.79 Å². The van der Waals surface area contributed by atoms with Crippen LogP contribution in [0.5, 0.6) is 0 Å². The van der Waals surface area contributed by atoms with Gasteiger partial charge >= 0.3 is 0 Å². The first-order valence-corrected chi connectivity index (χ1v) is 7.72. The van der Waals surface area contributed by atoms with Crippen LogP contribution < -0.4 is 0 Å². The fourth-order valence-corrected chi connectivity index (χ4v) is 3.37. The first-order valence-electron chi connectivity index (χ1n) is 7.72. The molecular formula is C16H30O2. The van der Waals surface area contributed by atoms with Gasteiger partial charge in [0.25, 0.3) is 0 Å². The van der Waals surface area contributed by atoms with Crippen LogP contribution in [-0.4, -0.2) is 19.5 Å². The molecule has 1 aliphatic rings. The maximum Gasteiger partial charge on any atom is 0.136 e. The summed E-state index contributed by atoms with van der Waals surface area (Å²) in [6.45, 7) is 5.26. The summed E-state index contributed by atoms with van der Waals surface area (Å²) < 4.78 is 5.17. The molecule has 0 spiro atoms. The Kier molecular flexibility index (Phi) is 7.57. The summed E-state index contributed by atoms with van der Waals surface area (Å²) in [5.74, 6) is 2.02. The lowest BCUT2D eigenvalue weighted by molar-refractivity contribution is -0.125. The van der Waals surface area contributed by atoms with Gasteiger partial charge in [0.05, 0.1) is 0 Å². The van der Waals surface area contributed by atoms with E-state index in [0.717, 1.165) is 25.9 Å². The van der Waals surface area contributed by atoms with Crippen LogP contribution in [0.25, 0.3) is 0 Å². The number of carbonyl (C=O) groups is 1. The smallest absolute Gasteiger partial charge is 0.136 e. The van der Waals surface area contributed by atoms with E-state index in [-0.39, 0.29) is 0 Å². The average Bonchev–Trinajstić information content (AvgIpc) is 2.73. The highest BCUT2D eigenvalue weighted by molar-refractivity contribution is 5.81. The van der Waals surface area contributed by atoms with E-state index in [1.54, 1.807) is 7.11 Å². The molecule has 0 aromatic rings. The van der Waals surface area contributed by atoms with Crippen molar-refractivity contribution >= 4 is 5.78 Å². The molecule has 0 aromatic carbocycles. The van der Waals surface area contributed by atoms with Crippen molar-refractivity contribution in [3.8, 4) is 0 Å². The standard InChI is InChI=1S/C16H30O2/c1-4-5-6-7-8-15(17)16-13(2)9-10-14(16)11-12-18-3/h13-14,16H,4-12H2,1-3H3. The Morgan fingerprint density at radius 3 is 2.67 bits per heavy atom. The molecule has 0 N–H and O–H groups in total. The lowest BCUT2D eigenvalue weighted by atomic mass is 9.83. The molecule has 18 heavy (non-hydrogen) atoms. The molecule has 0 saturated heterocycles. The van der Waals surface area contributed by atoms with Gasteiger partial charge in [-0.2, -0.15) is 0 Å². The van der Waals surface area contributed by atoms with Gasteiger partial charge in [-0.25, -0.2) is 0 Å². The Hall–Kier alpha value is -0.370. The Bertz CT molecular complexity index is 237. The minimum absolute atomic E-state index is 0.321. The third-order valence-corrected chi connectivity index (χ3v) is 4.45. The zero-order valence-electron chi connectivity index (χ0n) is 12.4. The molecule has 0 radical (unpaired) electrons. The van der Waals surface area contributed by atoms with Gasteiger partial charge < -0.3 is 4.74 Å². The predicted octanol–water partition coefficient (Wildman–Crippen LogP) is 4.22. The normalized spacial score (nSPS) is 27.6. The molecule has 0 bridgehead atoms. The van der Waals surface area contributed by atoms with Crippen molar-refractivity contribution in [3.05, 3.63) is 0 Å². The Morgan fingerprint density at radius 2 is 2.00 bits per heavy atom. The Morgan fingerprint density at radius 1 is 1.22 bits per heavy atom. The quantitative estimate of drug-likeness (QED) is 0.576. The van der Waals surface area contributed by atoms with Crippen LogP contribution in [0.3, 0.4) is 0 Å². The molecule has 3 unspecified atom stereocenters. The first-order chi connectivity index (χ1) is 8.70. The number of rotatable bonds is 9. The molecule has 1 aliphatic carbocycles. The third kappa shape index (κ3) is 4.72. The van der Waals surface area contributed by atoms with E-state index in [1.165, 1.54) is 32.1 Å². The van der Waals surface area contributed by atoms with Crippen LogP contribution in [0.2, 0.25) is 0 Å². The van der Waals surface area contributed by atoms with Crippen molar-refractivity contribution in [2.75, 3.05) is 13.7 Å². The van der Waals surface area contributed by atoms with E-state index >= 15 is 0 Å². The van der Waals surface area contributed by atoms with Crippen molar-refractivity contribution in [3.63, 3.8) is 0 Å². The lowest BCUT2D eigenvalue weighted by Gasteiger charge is -2.21. The number of Topliss-reactive ketones (excluding diaryl/α,β-unsaturated/α-hetero) is 1. The van der Waals surface area contributed by atoms with Crippen LogP contribution in [0, 0.1) is 17.8 Å². The average molecular weight is 254 g/mol. The zero-order valence-corrected chi connectivity index (χ0v) is 12.4. The van der Waals surface area contributed by atoms with Gasteiger partial charge in [0.15, 0.2) is 0 Å². The molecule has 0 heterocycles. The zero-order chi connectivity index (χ0) is 13.4. The SMILES string of the molecule is CCCCCCC(=O)C1C(C)CCC1CCOC. The molecule has 2 heteroatoms. The number of hydrogen-bond donors (Lipinski definition) is 0. The van der Waals surface area contributed by atoms with E-state index in [2.05, 4.69) is 13.8 Å². The second-order valence-electron chi connectivity index (χ2n) is 5.90. The summed E-state index contributed by atoms with van der Waals surface area (Å²) in [5, 5.41) is 0. The van der Waals surface area contributed by atoms with Crippen LogP contribution in [0.1, 0.15) is 65.2 Å². The van der Waals surface area contributed by atoms with Gasteiger partial charge in [0.1, 0.15) is 5.78 Å². The lowest BCUT2D eigenvalue weighted by Crippen LogP contribution is -2.24. The summed E-state index contributed by atoms with van der Waals surface area (Å²) in [6.07, 6.45) is 9.12. The molecule has 0 aromatic heterocycles. The summed E-state index contributed by atoms with van der Waals surface area (Å²) in [4.78, 5) is 12.4. The predicted molar refractivity (Wildman–Crippen MR) is 75.6 cm³/mol. The van der Waals surface area contributed by atoms with E-state index in [0.29, 0.717) is 23.5 Å². The summed E-state index contributed by atoms with van der Waals surface area (Å²) >= 11 is 0. The Labute approximate surface area is 112 Å². The van der Waals surface area contributed by atoms with Crippen LogP contribution in [0.15, 0.2) is 0 Å². The number of methoxy groups -OCH3 is 1. The molecule has 0 aliphatic heterocycles.